The van der Waals surface area contributed by atoms with Crippen LogP contribution in [0.4, 0.5) is 11.5 Å². The molecule has 9 nitrogen and oxygen atoms in total. The van der Waals surface area contributed by atoms with Crippen molar-refractivity contribution in [2.24, 2.45) is 0 Å². The van der Waals surface area contributed by atoms with Crippen LogP contribution in [0.25, 0.3) is 0 Å². The van der Waals surface area contributed by atoms with Gasteiger partial charge in [-0.05, 0) is 49.1 Å². The Bertz CT molecular complexity index is 1210. The van der Waals surface area contributed by atoms with E-state index < -0.39 is 15.9 Å². The number of nitrogens with one attached hydrogen (secondary N) is 1. The number of benzene rings is 1. The molecule has 0 radical (unpaired) electrons. The highest BCUT2D eigenvalue weighted by molar-refractivity contribution is 7.93. The number of carbonyl (C=O) groups excluding carboxylic acids is 2. The molecule has 0 atom stereocenters. The molecular weight excluding hydrogens is 454 g/mol. The Hall–Kier alpha value is -3.14. The summed E-state index contributed by atoms with van der Waals surface area (Å²) in [6.45, 7) is 6.82. The molecule has 2 saturated heterocycles. The highest BCUT2D eigenvalue weighted by Crippen LogP contribution is 2.28. The fraction of sp³-hybridized carbons (Fsp3) is 0.458. The predicted molar refractivity (Wildman–Crippen MR) is 132 cm³/mol. The average molecular weight is 486 g/mol. The molecule has 2 aliphatic rings. The number of aromatic nitrogens is 1. The number of hydrogen-bond donors (Lipinski definition) is 1. The van der Waals surface area contributed by atoms with Crippen LogP contribution in [0.15, 0.2) is 30.5 Å². The molecule has 0 bridgehead atoms. The van der Waals surface area contributed by atoms with Crippen molar-refractivity contribution in [1.82, 2.24) is 15.2 Å². The van der Waals surface area contributed by atoms with Crippen molar-refractivity contribution in [3.63, 3.8) is 0 Å². The van der Waals surface area contributed by atoms with Gasteiger partial charge in [-0.15, -0.1) is 0 Å². The van der Waals surface area contributed by atoms with Gasteiger partial charge in [0.2, 0.25) is 10.0 Å². The van der Waals surface area contributed by atoms with Crippen LogP contribution in [0.5, 0.6) is 0 Å². The lowest BCUT2D eigenvalue weighted by molar-refractivity contribution is 0.0740. The molecule has 2 fully saturated rings. The van der Waals surface area contributed by atoms with Crippen molar-refractivity contribution in [1.29, 1.82) is 0 Å². The molecule has 4 rings (SSSR count). The molecule has 0 saturated carbocycles. The zero-order valence-electron chi connectivity index (χ0n) is 19.9. The van der Waals surface area contributed by atoms with Crippen LogP contribution in [0, 0.1) is 6.92 Å². The van der Waals surface area contributed by atoms with E-state index in [2.05, 4.69) is 35.1 Å². The molecule has 34 heavy (non-hydrogen) atoms. The van der Waals surface area contributed by atoms with E-state index in [0.717, 1.165) is 17.8 Å². The second-order valence-corrected chi connectivity index (χ2v) is 10.7. The number of rotatable bonds is 5. The van der Waals surface area contributed by atoms with Gasteiger partial charge in [0.15, 0.2) is 0 Å². The first kappa shape index (κ1) is 24.0. The van der Waals surface area contributed by atoms with Crippen molar-refractivity contribution >= 4 is 33.3 Å². The van der Waals surface area contributed by atoms with E-state index in [1.165, 1.54) is 23.0 Å². The highest BCUT2D eigenvalue weighted by atomic mass is 32.2. The van der Waals surface area contributed by atoms with E-state index in [0.29, 0.717) is 44.8 Å². The summed E-state index contributed by atoms with van der Waals surface area (Å²) in [6, 6.07) is 6.84. The normalized spacial score (nSPS) is 17.7. The van der Waals surface area contributed by atoms with Gasteiger partial charge >= 0.3 is 0 Å². The Morgan fingerprint density at radius 1 is 1.06 bits per heavy atom. The topological polar surface area (TPSA) is 103 Å². The molecule has 1 aromatic carbocycles. The van der Waals surface area contributed by atoms with Crippen LogP contribution in [0.3, 0.4) is 0 Å². The lowest BCUT2D eigenvalue weighted by Gasteiger charge is -2.36. The highest BCUT2D eigenvalue weighted by Gasteiger charge is 2.31. The zero-order valence-corrected chi connectivity index (χ0v) is 20.7. The van der Waals surface area contributed by atoms with Gasteiger partial charge in [-0.25, -0.2) is 13.4 Å². The monoisotopic (exact) mass is 485 g/mol. The molecule has 0 spiro atoms. The SMILES string of the molecule is CCc1cnc(N2CCN(C(=O)c3ccc(N4CCCS4(=O)=O)cc3C(=O)NC)CC2)c(C)c1. The maximum atomic E-state index is 13.4. The van der Waals surface area contributed by atoms with Crippen LogP contribution >= 0.6 is 0 Å². The summed E-state index contributed by atoms with van der Waals surface area (Å²) < 4.78 is 26.0. The van der Waals surface area contributed by atoms with Gasteiger partial charge in [0.1, 0.15) is 5.82 Å². The van der Waals surface area contributed by atoms with Crippen LogP contribution in [0.1, 0.15) is 45.2 Å². The second kappa shape index (κ2) is 9.61. The first-order chi connectivity index (χ1) is 16.2. The van der Waals surface area contributed by atoms with E-state index in [9.17, 15) is 18.0 Å². The van der Waals surface area contributed by atoms with Crippen LogP contribution in [-0.4, -0.2) is 75.6 Å². The molecule has 1 aromatic heterocycles. The third kappa shape index (κ3) is 4.59. The van der Waals surface area contributed by atoms with Crippen molar-refractivity contribution < 1.29 is 18.0 Å². The third-order valence-electron chi connectivity index (χ3n) is 6.47. The Morgan fingerprint density at radius 2 is 1.79 bits per heavy atom. The number of piperazine rings is 1. The lowest BCUT2D eigenvalue weighted by atomic mass is 10.0. The van der Waals surface area contributed by atoms with Gasteiger partial charge in [-0.1, -0.05) is 13.0 Å². The van der Waals surface area contributed by atoms with E-state index in [-0.39, 0.29) is 22.8 Å². The van der Waals surface area contributed by atoms with Gasteiger partial charge in [-0.3, -0.25) is 13.9 Å². The zero-order chi connectivity index (χ0) is 24.5. The Balaban J connectivity index is 1.53. The minimum atomic E-state index is -3.39. The van der Waals surface area contributed by atoms with Gasteiger partial charge in [0, 0.05) is 46.0 Å². The number of amides is 2. The molecule has 2 aromatic rings. The molecule has 2 amide bonds. The standard InChI is InChI=1S/C24H31N5O4S/c1-4-18-14-17(2)22(26-16-18)27-9-11-28(12-10-27)24(31)20-7-6-19(15-21(20)23(30)25-3)29-8-5-13-34(29,32)33/h6-7,14-16H,4-5,8-13H2,1-3H3,(H,25,30). The largest absolute Gasteiger partial charge is 0.355 e. The molecule has 182 valence electrons. The lowest BCUT2D eigenvalue weighted by Crippen LogP contribution is -2.49. The minimum Gasteiger partial charge on any atom is -0.355 e. The number of pyridine rings is 1. The minimum absolute atomic E-state index is 0.0861. The maximum absolute atomic E-state index is 13.4. The van der Waals surface area contributed by atoms with Crippen LogP contribution in [-0.2, 0) is 16.4 Å². The fourth-order valence-corrected chi connectivity index (χ4v) is 6.12. The van der Waals surface area contributed by atoms with Crippen molar-refractivity contribution in [2.45, 2.75) is 26.7 Å². The van der Waals surface area contributed by atoms with Crippen molar-refractivity contribution in [2.75, 3.05) is 54.7 Å². The van der Waals surface area contributed by atoms with E-state index in [4.69, 9.17) is 0 Å². The number of anilines is 2. The molecule has 1 N–H and O–H groups in total. The third-order valence-corrected chi connectivity index (χ3v) is 8.34. The Kier molecular flexibility index (Phi) is 6.79. The number of sulfonamides is 1. The first-order valence-electron chi connectivity index (χ1n) is 11.6. The summed E-state index contributed by atoms with van der Waals surface area (Å²) >= 11 is 0. The first-order valence-corrected chi connectivity index (χ1v) is 13.2. The maximum Gasteiger partial charge on any atom is 0.254 e. The number of carbonyl (C=O) groups is 2. The Labute approximate surface area is 200 Å². The summed E-state index contributed by atoms with van der Waals surface area (Å²) in [5.41, 5.74) is 3.18. The number of nitrogens with zero attached hydrogens (tertiary/aromatic N) is 4. The molecule has 10 heteroatoms. The van der Waals surface area contributed by atoms with Crippen molar-refractivity contribution in [3.05, 3.63) is 52.7 Å². The summed E-state index contributed by atoms with van der Waals surface area (Å²) in [5.74, 6) is 0.367. The van der Waals surface area contributed by atoms with Gasteiger partial charge in [0.05, 0.1) is 22.6 Å². The molecular formula is C24H31N5O4S. The van der Waals surface area contributed by atoms with Gasteiger partial charge in [-0.2, -0.15) is 0 Å². The summed E-state index contributed by atoms with van der Waals surface area (Å²) in [5, 5.41) is 2.57. The molecule has 0 aliphatic carbocycles. The van der Waals surface area contributed by atoms with Crippen molar-refractivity contribution in [3.8, 4) is 0 Å². The van der Waals surface area contributed by atoms with Crippen LogP contribution < -0.4 is 14.5 Å². The Morgan fingerprint density at radius 3 is 2.38 bits per heavy atom. The molecule has 2 aliphatic heterocycles. The fourth-order valence-electron chi connectivity index (χ4n) is 4.57. The number of hydrogen-bond acceptors (Lipinski definition) is 6. The van der Waals surface area contributed by atoms with E-state index in [1.807, 2.05) is 6.20 Å². The summed E-state index contributed by atoms with van der Waals surface area (Å²) in [6.07, 6.45) is 3.38. The molecule has 0 unspecified atom stereocenters. The van der Waals surface area contributed by atoms with Crippen LogP contribution in [0.2, 0.25) is 0 Å². The number of aryl methyl sites for hydroxylation is 2. The average Bonchev–Trinajstić information content (AvgIpc) is 3.21. The van der Waals surface area contributed by atoms with E-state index in [1.54, 1.807) is 17.0 Å². The molecule has 3 heterocycles. The van der Waals surface area contributed by atoms with Gasteiger partial charge < -0.3 is 15.1 Å². The smallest absolute Gasteiger partial charge is 0.254 e. The quantitative estimate of drug-likeness (QED) is 0.693. The predicted octanol–water partition coefficient (Wildman–Crippen LogP) is 1.81. The summed E-state index contributed by atoms with van der Waals surface area (Å²) in [7, 11) is -1.89. The van der Waals surface area contributed by atoms with E-state index >= 15 is 0 Å². The van der Waals surface area contributed by atoms with Gasteiger partial charge in [0.25, 0.3) is 11.8 Å². The summed E-state index contributed by atoms with van der Waals surface area (Å²) in [4.78, 5) is 34.5. The second-order valence-electron chi connectivity index (χ2n) is 8.67.